The number of nitrogens with zero attached hydrogens (tertiary/aromatic N) is 1. The number of hydrogen-bond donors (Lipinski definition) is 1. The summed E-state index contributed by atoms with van der Waals surface area (Å²) >= 11 is 0. The Balaban J connectivity index is 2.10. The fourth-order valence-corrected chi connectivity index (χ4v) is 2.03. The average molecular weight is 329 g/mol. The summed E-state index contributed by atoms with van der Waals surface area (Å²) < 4.78 is 10.1. The maximum atomic E-state index is 12.3. The predicted octanol–water partition coefficient (Wildman–Crippen LogP) is 2.89. The van der Waals surface area contributed by atoms with Gasteiger partial charge in [-0.2, -0.15) is 0 Å². The molecular weight excluding hydrogens is 310 g/mol. The van der Waals surface area contributed by atoms with Crippen LogP contribution >= 0.6 is 0 Å². The fourth-order valence-electron chi connectivity index (χ4n) is 2.03. The average Bonchev–Trinajstić information content (AvgIpc) is 2.55. The Bertz CT molecular complexity index is 738. The van der Waals surface area contributed by atoms with Crippen molar-refractivity contribution in [1.29, 1.82) is 0 Å². The normalized spacial score (nSPS) is 10.1. The third-order valence-corrected chi connectivity index (χ3v) is 3.36. The van der Waals surface area contributed by atoms with Crippen LogP contribution in [0.15, 0.2) is 42.5 Å². The molecule has 2 aromatic carbocycles. The van der Waals surface area contributed by atoms with Gasteiger partial charge in [0.05, 0.1) is 12.7 Å². The molecule has 0 unspecified atom stereocenters. The summed E-state index contributed by atoms with van der Waals surface area (Å²) in [7, 11) is 4.67. The zero-order chi connectivity index (χ0) is 17.7. The van der Waals surface area contributed by atoms with E-state index in [1.807, 2.05) is 0 Å². The van der Waals surface area contributed by atoms with Gasteiger partial charge >= 0.3 is 6.09 Å². The van der Waals surface area contributed by atoms with Crippen LogP contribution in [0.5, 0.6) is 17.2 Å². The summed E-state index contributed by atoms with van der Waals surface area (Å²) in [6, 6.07) is 11.3. The first-order valence-corrected chi connectivity index (χ1v) is 7.29. The zero-order valence-electron chi connectivity index (χ0n) is 13.8. The highest BCUT2D eigenvalue weighted by molar-refractivity contribution is 6.00. The predicted molar refractivity (Wildman–Crippen MR) is 88.8 cm³/mol. The molecule has 0 aliphatic heterocycles. The second kappa shape index (κ2) is 7.50. The van der Waals surface area contributed by atoms with Gasteiger partial charge in [-0.25, -0.2) is 4.79 Å². The molecule has 2 rings (SSSR count). The largest absolute Gasteiger partial charge is 0.507 e. The van der Waals surface area contributed by atoms with Crippen LogP contribution in [0.2, 0.25) is 0 Å². The zero-order valence-corrected chi connectivity index (χ0v) is 13.8. The topological polar surface area (TPSA) is 76.1 Å². The number of aromatic hydroxyl groups is 1. The van der Waals surface area contributed by atoms with Gasteiger partial charge in [0.1, 0.15) is 17.2 Å². The van der Waals surface area contributed by atoms with E-state index in [2.05, 4.69) is 0 Å². The molecule has 0 atom stereocenters. The van der Waals surface area contributed by atoms with Crippen molar-refractivity contribution in [3.05, 3.63) is 53.6 Å². The molecule has 0 bridgehead atoms. The first-order valence-electron chi connectivity index (χ1n) is 7.29. The lowest BCUT2D eigenvalue weighted by atomic mass is 10.0. The van der Waals surface area contributed by atoms with Crippen molar-refractivity contribution >= 4 is 11.9 Å². The van der Waals surface area contributed by atoms with Gasteiger partial charge in [-0.1, -0.05) is 12.1 Å². The summed E-state index contributed by atoms with van der Waals surface area (Å²) in [4.78, 5) is 25.1. The lowest BCUT2D eigenvalue weighted by Gasteiger charge is -2.11. The Morgan fingerprint density at radius 3 is 2.21 bits per heavy atom. The van der Waals surface area contributed by atoms with Crippen molar-refractivity contribution in [2.24, 2.45) is 0 Å². The highest BCUT2D eigenvalue weighted by atomic mass is 16.6. The molecule has 0 saturated heterocycles. The molecule has 0 radical (unpaired) electrons. The smallest absolute Gasteiger partial charge is 0.414 e. The molecule has 1 N–H and O–H groups in total. The number of carbonyl (C=O) groups is 2. The van der Waals surface area contributed by atoms with Gasteiger partial charge in [0.15, 0.2) is 5.78 Å². The number of amides is 1. The molecule has 24 heavy (non-hydrogen) atoms. The number of phenolic OH excluding ortho intramolecular Hbond substituents is 1. The summed E-state index contributed by atoms with van der Waals surface area (Å²) in [5.41, 5.74) is 0.985. The maximum Gasteiger partial charge on any atom is 0.414 e. The summed E-state index contributed by atoms with van der Waals surface area (Å²) in [5, 5.41) is 10.0. The van der Waals surface area contributed by atoms with E-state index in [1.54, 1.807) is 45.5 Å². The van der Waals surface area contributed by atoms with Crippen molar-refractivity contribution in [3.8, 4) is 17.2 Å². The van der Waals surface area contributed by atoms with Gasteiger partial charge in [0.2, 0.25) is 0 Å². The first-order chi connectivity index (χ1) is 11.4. The molecule has 126 valence electrons. The minimum absolute atomic E-state index is 0.147. The van der Waals surface area contributed by atoms with Crippen molar-refractivity contribution in [2.75, 3.05) is 21.2 Å². The lowest BCUT2D eigenvalue weighted by Crippen LogP contribution is -2.25. The van der Waals surface area contributed by atoms with Crippen molar-refractivity contribution in [1.82, 2.24) is 4.90 Å². The number of Topliss-reactive ketones (excluding diaryl/α,β-unsaturated/α-hetero) is 1. The van der Waals surface area contributed by atoms with Gasteiger partial charge in [-0.15, -0.1) is 0 Å². The van der Waals surface area contributed by atoms with Crippen LogP contribution in [-0.2, 0) is 6.42 Å². The van der Waals surface area contributed by atoms with Gasteiger partial charge < -0.3 is 19.5 Å². The first kappa shape index (κ1) is 17.3. The highest BCUT2D eigenvalue weighted by Crippen LogP contribution is 2.25. The number of benzene rings is 2. The number of phenols is 1. The van der Waals surface area contributed by atoms with E-state index < -0.39 is 6.09 Å². The molecule has 6 nitrogen and oxygen atoms in total. The second-order valence-corrected chi connectivity index (χ2v) is 5.39. The van der Waals surface area contributed by atoms with Gasteiger partial charge in [0, 0.05) is 26.6 Å². The molecule has 0 fully saturated rings. The molecule has 0 aliphatic rings. The SMILES string of the molecule is COc1ccc(CC(=O)c2ccc(OC(=O)N(C)C)cc2O)cc1. The lowest BCUT2D eigenvalue weighted by molar-refractivity contribution is 0.0990. The van der Waals surface area contributed by atoms with Crippen LogP contribution in [0.3, 0.4) is 0 Å². The summed E-state index contributed by atoms with van der Waals surface area (Å²) in [6.45, 7) is 0. The molecule has 0 saturated carbocycles. The van der Waals surface area contributed by atoms with Crippen molar-refractivity contribution < 1.29 is 24.2 Å². The standard InChI is InChI=1S/C18H19NO5/c1-19(2)18(22)24-14-8-9-15(17(21)11-14)16(20)10-12-4-6-13(23-3)7-5-12/h4-9,11,21H,10H2,1-3H3. The van der Waals surface area contributed by atoms with Crippen molar-refractivity contribution in [3.63, 3.8) is 0 Å². The maximum absolute atomic E-state index is 12.3. The number of carbonyl (C=O) groups excluding carboxylic acids is 2. The Morgan fingerprint density at radius 1 is 1.04 bits per heavy atom. The molecule has 1 amide bonds. The fraction of sp³-hybridized carbons (Fsp3) is 0.222. The molecule has 6 heteroatoms. The molecule has 0 aromatic heterocycles. The van der Waals surface area contributed by atoms with Crippen LogP contribution in [-0.4, -0.2) is 43.1 Å². The van der Waals surface area contributed by atoms with E-state index in [9.17, 15) is 14.7 Å². The van der Waals surface area contributed by atoms with Gasteiger partial charge in [-0.05, 0) is 29.8 Å². The Kier molecular flexibility index (Phi) is 5.42. The second-order valence-electron chi connectivity index (χ2n) is 5.39. The van der Waals surface area contributed by atoms with Crippen LogP contribution < -0.4 is 9.47 Å². The highest BCUT2D eigenvalue weighted by Gasteiger charge is 2.14. The number of rotatable bonds is 5. The molecule has 0 heterocycles. The van der Waals surface area contributed by atoms with E-state index in [0.29, 0.717) is 5.75 Å². The molecule has 0 spiro atoms. The minimum Gasteiger partial charge on any atom is -0.507 e. The van der Waals surface area contributed by atoms with Crippen LogP contribution in [0.4, 0.5) is 4.79 Å². The monoisotopic (exact) mass is 329 g/mol. The van der Waals surface area contributed by atoms with E-state index >= 15 is 0 Å². The Labute approximate surface area is 140 Å². The molecule has 2 aromatic rings. The third-order valence-electron chi connectivity index (χ3n) is 3.36. The van der Waals surface area contributed by atoms with Crippen molar-refractivity contribution in [2.45, 2.75) is 6.42 Å². The molecule has 0 aliphatic carbocycles. The number of ether oxygens (including phenoxy) is 2. The van der Waals surface area contributed by atoms with Gasteiger partial charge in [0.25, 0.3) is 0 Å². The summed E-state index contributed by atoms with van der Waals surface area (Å²) in [6.07, 6.45) is -0.416. The van der Waals surface area contributed by atoms with E-state index in [0.717, 1.165) is 5.56 Å². The van der Waals surface area contributed by atoms with Crippen LogP contribution in [0.1, 0.15) is 15.9 Å². The Morgan fingerprint density at radius 2 is 1.67 bits per heavy atom. The van der Waals surface area contributed by atoms with Crippen LogP contribution in [0, 0.1) is 0 Å². The van der Waals surface area contributed by atoms with E-state index in [1.165, 1.54) is 23.1 Å². The molecular formula is C18H19NO5. The van der Waals surface area contributed by atoms with E-state index in [-0.39, 0.29) is 29.3 Å². The number of ketones is 1. The quantitative estimate of drug-likeness (QED) is 0.854. The third kappa shape index (κ3) is 4.25. The number of hydrogen-bond acceptors (Lipinski definition) is 5. The minimum atomic E-state index is -0.563. The van der Waals surface area contributed by atoms with Crippen LogP contribution in [0.25, 0.3) is 0 Å². The van der Waals surface area contributed by atoms with E-state index in [4.69, 9.17) is 9.47 Å². The Hall–Kier alpha value is -3.02. The summed E-state index contributed by atoms with van der Waals surface area (Å²) in [5.74, 6) is 0.425. The number of methoxy groups -OCH3 is 1. The van der Waals surface area contributed by atoms with Gasteiger partial charge in [-0.3, -0.25) is 4.79 Å².